The first-order chi connectivity index (χ1) is 3.68. The molecular weight excluding hydrogens is 118 g/mol. The van der Waals surface area contributed by atoms with E-state index < -0.39 is 0 Å². The minimum atomic E-state index is 0.435. The van der Waals surface area contributed by atoms with Gasteiger partial charge in [-0.25, -0.2) is 0 Å². The van der Waals surface area contributed by atoms with E-state index in [1.54, 1.807) is 12.2 Å². The number of hydrogen-bond donors (Lipinski definition) is 1. The molecule has 0 aliphatic rings. The number of thiocarbonyl (C=S) groups is 1. The third-order valence-electron chi connectivity index (χ3n) is 0.757. The Hall–Kier alpha value is -0.630. The van der Waals surface area contributed by atoms with Gasteiger partial charge in [-0.2, -0.15) is 0 Å². The Bertz CT molecular complexity index is 135. The van der Waals surface area contributed by atoms with Crippen LogP contribution in [-0.2, 0) is 0 Å². The molecule has 0 saturated carbocycles. The van der Waals surface area contributed by atoms with Crippen molar-refractivity contribution in [3.05, 3.63) is 24.3 Å². The highest BCUT2D eigenvalue weighted by Crippen LogP contribution is 1.90. The van der Waals surface area contributed by atoms with Gasteiger partial charge in [-0.1, -0.05) is 30.9 Å². The second kappa shape index (κ2) is 3.38. The maximum atomic E-state index is 5.24. The van der Waals surface area contributed by atoms with E-state index in [9.17, 15) is 0 Å². The van der Waals surface area contributed by atoms with Gasteiger partial charge in [-0.05, 0) is 12.5 Å². The number of rotatable bonds is 2. The van der Waals surface area contributed by atoms with Gasteiger partial charge >= 0.3 is 0 Å². The standard InChI is InChI=1S/C6H9NS/c1-3-4-5(2)6(7)8/h3-4H,1H2,2H3,(H2,7,8)/b5-4-. The zero-order valence-corrected chi connectivity index (χ0v) is 5.66. The van der Waals surface area contributed by atoms with Crippen LogP contribution < -0.4 is 5.73 Å². The van der Waals surface area contributed by atoms with Crippen molar-refractivity contribution in [2.75, 3.05) is 0 Å². The van der Waals surface area contributed by atoms with Crippen molar-refractivity contribution in [1.29, 1.82) is 0 Å². The van der Waals surface area contributed by atoms with Crippen LogP contribution in [0, 0.1) is 0 Å². The molecule has 0 rings (SSSR count). The summed E-state index contributed by atoms with van der Waals surface area (Å²) in [4.78, 5) is 0.435. The number of nitrogens with two attached hydrogens (primary N) is 1. The fourth-order valence-electron chi connectivity index (χ4n) is 0.259. The Labute approximate surface area is 54.9 Å². The molecule has 0 amide bonds. The molecule has 44 valence electrons. The second-order valence-corrected chi connectivity index (χ2v) is 1.89. The van der Waals surface area contributed by atoms with E-state index in [4.69, 9.17) is 5.73 Å². The summed E-state index contributed by atoms with van der Waals surface area (Å²) >= 11 is 4.65. The lowest BCUT2D eigenvalue weighted by Gasteiger charge is -1.90. The molecule has 0 fully saturated rings. The molecule has 8 heavy (non-hydrogen) atoms. The van der Waals surface area contributed by atoms with Gasteiger partial charge in [-0.3, -0.25) is 0 Å². The van der Waals surface area contributed by atoms with Gasteiger partial charge in [-0.15, -0.1) is 0 Å². The zero-order chi connectivity index (χ0) is 6.57. The fourth-order valence-corrected chi connectivity index (χ4v) is 0.327. The third kappa shape index (κ3) is 2.53. The van der Waals surface area contributed by atoms with Crippen molar-refractivity contribution in [2.24, 2.45) is 5.73 Å². The van der Waals surface area contributed by atoms with E-state index in [0.717, 1.165) is 5.57 Å². The maximum Gasteiger partial charge on any atom is 0.0991 e. The molecule has 0 bridgehead atoms. The molecule has 2 N–H and O–H groups in total. The molecule has 0 aromatic rings. The van der Waals surface area contributed by atoms with Gasteiger partial charge in [0.2, 0.25) is 0 Å². The molecule has 1 nitrogen and oxygen atoms in total. The average molecular weight is 127 g/mol. The highest BCUT2D eigenvalue weighted by molar-refractivity contribution is 7.80. The SMILES string of the molecule is C=C/C=C(/C)C(N)=S. The van der Waals surface area contributed by atoms with Crippen molar-refractivity contribution < 1.29 is 0 Å². The Morgan fingerprint density at radius 2 is 2.25 bits per heavy atom. The van der Waals surface area contributed by atoms with Gasteiger partial charge in [0.1, 0.15) is 0 Å². The molecule has 0 aliphatic carbocycles. The molecule has 0 aromatic heterocycles. The minimum absolute atomic E-state index is 0.435. The molecule has 0 radical (unpaired) electrons. The summed E-state index contributed by atoms with van der Waals surface area (Å²) in [6.07, 6.45) is 3.44. The van der Waals surface area contributed by atoms with E-state index in [2.05, 4.69) is 18.8 Å². The molecular formula is C6H9NS. The Kier molecular flexibility index (Phi) is 3.12. The smallest absolute Gasteiger partial charge is 0.0991 e. The number of hydrogen-bond acceptors (Lipinski definition) is 1. The van der Waals surface area contributed by atoms with Crippen molar-refractivity contribution in [3.8, 4) is 0 Å². The van der Waals surface area contributed by atoms with Gasteiger partial charge in [0.05, 0.1) is 4.99 Å². The van der Waals surface area contributed by atoms with Crippen molar-refractivity contribution in [1.82, 2.24) is 0 Å². The van der Waals surface area contributed by atoms with Gasteiger partial charge in [0, 0.05) is 0 Å². The lowest BCUT2D eigenvalue weighted by atomic mass is 10.3. The Morgan fingerprint density at radius 1 is 1.75 bits per heavy atom. The van der Waals surface area contributed by atoms with Crippen LogP contribution >= 0.6 is 12.2 Å². The monoisotopic (exact) mass is 127 g/mol. The third-order valence-corrected chi connectivity index (χ3v) is 1.08. The van der Waals surface area contributed by atoms with Crippen LogP contribution in [0.3, 0.4) is 0 Å². The van der Waals surface area contributed by atoms with Gasteiger partial charge in [0.25, 0.3) is 0 Å². The first-order valence-corrected chi connectivity index (χ1v) is 2.68. The van der Waals surface area contributed by atoms with Crippen molar-refractivity contribution in [2.45, 2.75) is 6.92 Å². The van der Waals surface area contributed by atoms with Crippen LogP contribution in [0.15, 0.2) is 24.3 Å². The van der Waals surface area contributed by atoms with E-state index in [-0.39, 0.29) is 0 Å². The summed E-state index contributed by atoms with van der Waals surface area (Å²) in [5, 5.41) is 0. The summed E-state index contributed by atoms with van der Waals surface area (Å²) < 4.78 is 0. The van der Waals surface area contributed by atoms with E-state index >= 15 is 0 Å². The van der Waals surface area contributed by atoms with Gasteiger partial charge in [0.15, 0.2) is 0 Å². The van der Waals surface area contributed by atoms with Crippen LogP contribution in [0.4, 0.5) is 0 Å². The number of allylic oxidation sites excluding steroid dienone is 2. The minimum Gasteiger partial charge on any atom is -0.390 e. The molecule has 0 spiro atoms. The van der Waals surface area contributed by atoms with Crippen LogP contribution in [0.2, 0.25) is 0 Å². The van der Waals surface area contributed by atoms with Gasteiger partial charge < -0.3 is 5.73 Å². The normalized spacial score (nSPS) is 10.9. The lowest BCUT2D eigenvalue weighted by molar-refractivity contribution is 1.56. The topological polar surface area (TPSA) is 26.0 Å². The molecule has 0 unspecified atom stereocenters. The molecule has 0 atom stereocenters. The van der Waals surface area contributed by atoms with Crippen LogP contribution in [0.25, 0.3) is 0 Å². The molecule has 0 aliphatic heterocycles. The lowest BCUT2D eigenvalue weighted by Crippen LogP contribution is -2.08. The second-order valence-electron chi connectivity index (χ2n) is 1.45. The van der Waals surface area contributed by atoms with Crippen LogP contribution in [-0.4, -0.2) is 4.99 Å². The summed E-state index contributed by atoms with van der Waals surface area (Å²) in [6.45, 7) is 5.34. The van der Waals surface area contributed by atoms with Crippen LogP contribution in [0.5, 0.6) is 0 Å². The molecule has 0 heterocycles. The summed E-state index contributed by atoms with van der Waals surface area (Å²) in [6, 6.07) is 0. The predicted octanol–water partition coefficient (Wildman–Crippen LogP) is 1.40. The molecule has 0 saturated heterocycles. The largest absolute Gasteiger partial charge is 0.390 e. The first-order valence-electron chi connectivity index (χ1n) is 2.27. The van der Waals surface area contributed by atoms with Crippen LogP contribution in [0.1, 0.15) is 6.92 Å². The predicted molar refractivity (Wildman–Crippen MR) is 40.7 cm³/mol. The molecule has 0 aromatic carbocycles. The zero-order valence-electron chi connectivity index (χ0n) is 4.85. The quantitative estimate of drug-likeness (QED) is 0.345. The molecule has 2 heteroatoms. The van der Waals surface area contributed by atoms with E-state index in [0.29, 0.717) is 4.99 Å². The highest BCUT2D eigenvalue weighted by atomic mass is 32.1. The van der Waals surface area contributed by atoms with Crippen molar-refractivity contribution >= 4 is 17.2 Å². The Morgan fingerprint density at radius 3 is 2.38 bits per heavy atom. The maximum absolute atomic E-state index is 5.24. The fraction of sp³-hybridized carbons (Fsp3) is 0.167. The van der Waals surface area contributed by atoms with Crippen molar-refractivity contribution in [3.63, 3.8) is 0 Å². The first kappa shape index (κ1) is 7.37. The van der Waals surface area contributed by atoms with E-state index in [1.165, 1.54) is 0 Å². The average Bonchev–Trinajstić information content (AvgIpc) is 1.67. The summed E-state index contributed by atoms with van der Waals surface area (Å²) in [7, 11) is 0. The summed E-state index contributed by atoms with van der Waals surface area (Å²) in [5.74, 6) is 0. The Balaban J connectivity index is 3.99. The summed E-state index contributed by atoms with van der Waals surface area (Å²) in [5.41, 5.74) is 6.14. The highest BCUT2D eigenvalue weighted by Gasteiger charge is 1.85. The van der Waals surface area contributed by atoms with E-state index in [1.807, 2.05) is 6.92 Å².